The fourth-order valence-corrected chi connectivity index (χ4v) is 2.92. The second kappa shape index (κ2) is 3.48. The molecule has 0 aliphatic heterocycles. The molecule has 1 nitrogen and oxygen atoms in total. The molecule has 0 aliphatic carbocycles. The minimum absolute atomic E-state index is 0.782. The first-order valence-corrected chi connectivity index (χ1v) is 6.05. The summed E-state index contributed by atoms with van der Waals surface area (Å²) in [7, 11) is 0. The van der Waals surface area contributed by atoms with E-state index >= 15 is 0 Å². The smallest absolute Gasteiger partial charge is 0.0940 e. The summed E-state index contributed by atoms with van der Waals surface area (Å²) in [6.45, 7) is 0. The number of nitrogens with two attached hydrogens (primary N) is 1. The van der Waals surface area contributed by atoms with E-state index in [0.717, 1.165) is 26.3 Å². The van der Waals surface area contributed by atoms with Gasteiger partial charge in [0.2, 0.25) is 0 Å². The Balaban J connectivity index is 2.72. The predicted molar refractivity (Wildman–Crippen MR) is 63.9 cm³/mol. The summed E-state index contributed by atoms with van der Waals surface area (Å²) in [5.41, 5.74) is 7.77. The molecular weight excluding hydrogens is 270 g/mol. The van der Waals surface area contributed by atoms with Crippen LogP contribution in [0.15, 0.2) is 18.2 Å². The fourth-order valence-electron chi connectivity index (χ4n) is 1.23. The minimum atomic E-state index is 0.782. The Hall–Kier alpha value is -0.250. The van der Waals surface area contributed by atoms with Crippen molar-refractivity contribution in [1.29, 1.82) is 0 Å². The van der Waals surface area contributed by atoms with E-state index in [1.807, 2.05) is 12.1 Å². The lowest BCUT2D eigenvalue weighted by Crippen LogP contribution is -1.90. The summed E-state index contributed by atoms with van der Waals surface area (Å²) in [6, 6.07) is 5.99. The van der Waals surface area contributed by atoms with Gasteiger partial charge in [-0.2, -0.15) is 0 Å². The van der Waals surface area contributed by atoms with E-state index in [-0.39, 0.29) is 0 Å². The van der Waals surface area contributed by atoms with Crippen LogP contribution in [0.4, 0.5) is 5.69 Å². The molecule has 2 rings (SSSR count). The third-order valence-corrected chi connectivity index (χ3v) is 3.72. The predicted octanol–water partition coefficient (Wildman–Crippen LogP) is 4.03. The Morgan fingerprint density at radius 2 is 2.15 bits per heavy atom. The van der Waals surface area contributed by atoms with E-state index in [2.05, 4.69) is 22.0 Å². The fraction of sp³-hybridized carbons (Fsp3) is 0.111. The van der Waals surface area contributed by atoms with Gasteiger partial charge in [-0.15, -0.1) is 11.3 Å². The van der Waals surface area contributed by atoms with Crippen molar-refractivity contribution in [1.82, 2.24) is 0 Å². The zero-order valence-electron chi connectivity index (χ0n) is 6.68. The number of alkyl halides is 1. The number of nitrogen functional groups attached to an aromatic ring is 1. The lowest BCUT2D eigenvalue weighted by atomic mass is 10.1. The molecule has 1 aromatic carbocycles. The van der Waals surface area contributed by atoms with Gasteiger partial charge < -0.3 is 5.73 Å². The van der Waals surface area contributed by atoms with Crippen molar-refractivity contribution >= 4 is 54.6 Å². The number of hydrogen-bond donors (Lipinski definition) is 1. The van der Waals surface area contributed by atoms with Gasteiger partial charge >= 0.3 is 0 Å². The molecule has 0 atom stereocenters. The van der Waals surface area contributed by atoms with Crippen molar-refractivity contribution < 1.29 is 0 Å². The van der Waals surface area contributed by atoms with E-state index in [9.17, 15) is 0 Å². The van der Waals surface area contributed by atoms with Crippen LogP contribution in [0.5, 0.6) is 0 Å². The topological polar surface area (TPSA) is 26.0 Å². The van der Waals surface area contributed by atoms with Crippen molar-refractivity contribution in [3.8, 4) is 0 Å². The maximum Gasteiger partial charge on any atom is 0.0940 e. The van der Waals surface area contributed by atoms with Crippen molar-refractivity contribution in [2.75, 3.05) is 5.73 Å². The number of fused-ring (bicyclic) bond motifs is 1. The molecule has 0 bridgehead atoms. The van der Waals surface area contributed by atoms with E-state index in [1.54, 1.807) is 11.3 Å². The summed E-state index contributed by atoms with van der Waals surface area (Å²) < 4.78 is 2.00. The Bertz CT molecular complexity index is 452. The molecule has 0 amide bonds. The standard InChI is InChI=1S/C9H7BrClNS/c10-4-6-2-8-5(1-7(6)12)3-9(11)13-8/h1-3H,4,12H2. The highest BCUT2D eigenvalue weighted by molar-refractivity contribution is 9.08. The average Bonchev–Trinajstić information content (AvgIpc) is 2.42. The molecule has 0 radical (unpaired) electrons. The van der Waals surface area contributed by atoms with Crippen LogP contribution in [0.25, 0.3) is 10.1 Å². The molecule has 4 heteroatoms. The van der Waals surface area contributed by atoms with Crippen LogP contribution in [0, 0.1) is 0 Å². The summed E-state index contributed by atoms with van der Waals surface area (Å²) in [6.07, 6.45) is 0. The molecule has 0 aliphatic rings. The quantitative estimate of drug-likeness (QED) is 0.617. The molecule has 13 heavy (non-hydrogen) atoms. The van der Waals surface area contributed by atoms with Crippen LogP contribution < -0.4 is 5.73 Å². The zero-order chi connectivity index (χ0) is 9.42. The van der Waals surface area contributed by atoms with Crippen LogP contribution in [0.1, 0.15) is 5.56 Å². The summed E-state index contributed by atoms with van der Waals surface area (Å²) in [5.74, 6) is 0. The summed E-state index contributed by atoms with van der Waals surface area (Å²) in [5, 5.41) is 1.90. The first-order valence-electron chi connectivity index (χ1n) is 3.74. The van der Waals surface area contributed by atoms with Crippen LogP contribution in [-0.2, 0) is 5.33 Å². The van der Waals surface area contributed by atoms with Crippen molar-refractivity contribution in [2.24, 2.45) is 0 Å². The van der Waals surface area contributed by atoms with E-state index < -0.39 is 0 Å². The maximum atomic E-state index is 5.90. The number of halogens is 2. The van der Waals surface area contributed by atoms with Crippen LogP contribution in [-0.4, -0.2) is 0 Å². The lowest BCUT2D eigenvalue weighted by molar-refractivity contribution is 1.47. The van der Waals surface area contributed by atoms with Gasteiger partial charge in [-0.1, -0.05) is 27.5 Å². The Morgan fingerprint density at radius 1 is 1.38 bits per heavy atom. The second-order valence-electron chi connectivity index (χ2n) is 2.77. The molecular formula is C9H7BrClNS. The van der Waals surface area contributed by atoms with Gasteiger partial charge in [0, 0.05) is 15.7 Å². The lowest BCUT2D eigenvalue weighted by Gasteiger charge is -2.00. The van der Waals surface area contributed by atoms with Gasteiger partial charge in [0.1, 0.15) is 0 Å². The molecule has 68 valence electrons. The number of anilines is 1. The van der Waals surface area contributed by atoms with Crippen molar-refractivity contribution in [3.05, 3.63) is 28.1 Å². The van der Waals surface area contributed by atoms with Crippen LogP contribution >= 0.6 is 38.9 Å². The number of hydrogen-bond acceptors (Lipinski definition) is 2. The third-order valence-electron chi connectivity index (χ3n) is 1.89. The van der Waals surface area contributed by atoms with Gasteiger partial charge in [-0.3, -0.25) is 0 Å². The molecule has 1 aromatic heterocycles. The van der Waals surface area contributed by atoms with E-state index in [1.165, 1.54) is 4.70 Å². The minimum Gasteiger partial charge on any atom is -0.398 e. The second-order valence-corrected chi connectivity index (χ2v) is 5.05. The van der Waals surface area contributed by atoms with E-state index in [4.69, 9.17) is 17.3 Å². The van der Waals surface area contributed by atoms with Gasteiger partial charge in [0.25, 0.3) is 0 Å². The molecule has 0 fully saturated rings. The largest absolute Gasteiger partial charge is 0.398 e. The Morgan fingerprint density at radius 3 is 2.85 bits per heavy atom. The molecule has 0 saturated heterocycles. The molecule has 0 spiro atoms. The molecule has 1 heterocycles. The van der Waals surface area contributed by atoms with Crippen molar-refractivity contribution in [3.63, 3.8) is 0 Å². The zero-order valence-corrected chi connectivity index (χ0v) is 9.84. The highest BCUT2D eigenvalue weighted by Crippen LogP contribution is 2.32. The van der Waals surface area contributed by atoms with Gasteiger partial charge in [-0.25, -0.2) is 0 Å². The highest BCUT2D eigenvalue weighted by atomic mass is 79.9. The van der Waals surface area contributed by atoms with E-state index in [0.29, 0.717) is 0 Å². The molecule has 0 saturated carbocycles. The Labute approximate surface area is 93.6 Å². The first-order chi connectivity index (χ1) is 6.20. The van der Waals surface area contributed by atoms with Crippen LogP contribution in [0.3, 0.4) is 0 Å². The molecule has 2 aromatic rings. The SMILES string of the molecule is Nc1cc2cc(Cl)sc2cc1CBr. The Kier molecular flexibility index (Phi) is 2.49. The maximum absolute atomic E-state index is 5.90. The number of thiophene rings is 1. The highest BCUT2D eigenvalue weighted by Gasteiger charge is 2.04. The van der Waals surface area contributed by atoms with Crippen LogP contribution in [0.2, 0.25) is 4.34 Å². The third kappa shape index (κ3) is 1.68. The number of rotatable bonds is 1. The molecule has 2 N–H and O–H groups in total. The average molecular weight is 277 g/mol. The first kappa shape index (κ1) is 9.31. The summed E-state index contributed by atoms with van der Waals surface area (Å²) >= 11 is 10.9. The van der Waals surface area contributed by atoms with Crippen molar-refractivity contribution in [2.45, 2.75) is 5.33 Å². The number of benzene rings is 1. The normalized spacial score (nSPS) is 10.9. The summed E-state index contributed by atoms with van der Waals surface area (Å²) in [4.78, 5) is 0. The van der Waals surface area contributed by atoms with Gasteiger partial charge in [0.05, 0.1) is 4.34 Å². The molecule has 0 unspecified atom stereocenters. The monoisotopic (exact) mass is 275 g/mol. The van der Waals surface area contributed by atoms with Gasteiger partial charge in [-0.05, 0) is 29.1 Å². The van der Waals surface area contributed by atoms with Gasteiger partial charge in [0.15, 0.2) is 0 Å².